The summed E-state index contributed by atoms with van der Waals surface area (Å²) < 4.78 is 20.9. The third-order valence-electron chi connectivity index (χ3n) is 2.99. The molecule has 0 amide bonds. The van der Waals surface area contributed by atoms with E-state index in [2.05, 4.69) is 0 Å². The Morgan fingerprint density at radius 1 is 1.11 bits per heavy atom. The van der Waals surface area contributed by atoms with E-state index in [1.807, 2.05) is 41.1 Å². The monoisotopic (exact) mass is 241 g/mol. The minimum atomic E-state index is -0.273. The fourth-order valence-corrected chi connectivity index (χ4v) is 2.06. The third-order valence-corrected chi connectivity index (χ3v) is 2.99. The Balaban J connectivity index is 2.14. The zero-order chi connectivity index (χ0) is 12.5. The second-order valence-corrected chi connectivity index (χ2v) is 4.11. The van der Waals surface area contributed by atoms with Gasteiger partial charge in [0.05, 0.1) is 7.11 Å². The Morgan fingerprint density at radius 3 is 2.72 bits per heavy atom. The molecule has 0 saturated heterocycles. The van der Waals surface area contributed by atoms with Crippen LogP contribution in [-0.2, 0) is 0 Å². The van der Waals surface area contributed by atoms with Crippen LogP contribution >= 0.6 is 0 Å². The molecule has 0 radical (unpaired) electrons. The Kier molecular flexibility index (Phi) is 2.52. The van der Waals surface area contributed by atoms with E-state index >= 15 is 0 Å². The van der Waals surface area contributed by atoms with Gasteiger partial charge in [0.1, 0.15) is 11.6 Å². The first-order chi connectivity index (χ1) is 8.78. The summed E-state index contributed by atoms with van der Waals surface area (Å²) in [6.07, 6.45) is 3.86. The maximum absolute atomic E-state index is 14.0. The molecule has 3 rings (SSSR count). The van der Waals surface area contributed by atoms with E-state index in [1.165, 1.54) is 13.2 Å². The van der Waals surface area contributed by atoms with Gasteiger partial charge in [-0.05, 0) is 30.3 Å². The fraction of sp³-hybridized carbons (Fsp3) is 0.0667. The highest BCUT2D eigenvalue weighted by Gasteiger charge is 2.08. The molecule has 3 aromatic rings. The van der Waals surface area contributed by atoms with E-state index in [4.69, 9.17) is 4.74 Å². The predicted octanol–water partition coefficient (Wildman–Crippen LogP) is 3.75. The molecule has 0 spiro atoms. The first-order valence-electron chi connectivity index (χ1n) is 5.68. The molecule has 2 aromatic heterocycles. The predicted molar refractivity (Wildman–Crippen MR) is 69.3 cm³/mol. The zero-order valence-corrected chi connectivity index (χ0v) is 9.93. The second kappa shape index (κ2) is 4.18. The van der Waals surface area contributed by atoms with Gasteiger partial charge in [0, 0.05) is 35.1 Å². The van der Waals surface area contributed by atoms with E-state index in [-0.39, 0.29) is 5.82 Å². The van der Waals surface area contributed by atoms with Crippen LogP contribution in [0.4, 0.5) is 4.39 Å². The molecule has 0 N–H and O–H groups in total. The van der Waals surface area contributed by atoms with E-state index < -0.39 is 0 Å². The summed E-state index contributed by atoms with van der Waals surface area (Å²) in [6.45, 7) is 0. The van der Waals surface area contributed by atoms with Crippen molar-refractivity contribution in [1.29, 1.82) is 0 Å². The van der Waals surface area contributed by atoms with Crippen LogP contribution in [0.15, 0.2) is 54.9 Å². The van der Waals surface area contributed by atoms with Gasteiger partial charge in [-0.3, -0.25) is 0 Å². The number of methoxy groups -OCH3 is 1. The number of nitrogens with zero attached hydrogens (tertiary/aromatic N) is 1. The molecule has 90 valence electrons. The molecule has 0 unspecified atom stereocenters. The van der Waals surface area contributed by atoms with Gasteiger partial charge in [-0.25, -0.2) is 4.39 Å². The largest absolute Gasteiger partial charge is 0.497 e. The van der Waals surface area contributed by atoms with Crippen molar-refractivity contribution in [2.75, 3.05) is 7.11 Å². The molecule has 0 aliphatic heterocycles. The fourth-order valence-electron chi connectivity index (χ4n) is 2.06. The van der Waals surface area contributed by atoms with Crippen LogP contribution in [0.5, 0.6) is 5.75 Å². The molecule has 2 nitrogen and oxygen atoms in total. The molecule has 0 saturated carbocycles. The smallest absolute Gasteiger partial charge is 0.134 e. The number of fused-ring (bicyclic) bond motifs is 1. The summed E-state index contributed by atoms with van der Waals surface area (Å²) >= 11 is 0. The van der Waals surface area contributed by atoms with E-state index in [0.717, 1.165) is 11.1 Å². The number of pyridine rings is 1. The molecule has 0 atom stereocenters. The Morgan fingerprint density at radius 2 is 2.00 bits per heavy atom. The van der Waals surface area contributed by atoms with Gasteiger partial charge in [0.15, 0.2) is 0 Å². The number of halogens is 1. The number of aromatic nitrogens is 1. The maximum Gasteiger partial charge on any atom is 0.134 e. The molecule has 0 bridgehead atoms. The first-order valence-corrected chi connectivity index (χ1v) is 5.68. The van der Waals surface area contributed by atoms with Crippen LogP contribution in [0.2, 0.25) is 0 Å². The highest BCUT2D eigenvalue weighted by Crippen LogP contribution is 2.27. The van der Waals surface area contributed by atoms with Gasteiger partial charge >= 0.3 is 0 Å². The van der Waals surface area contributed by atoms with Crippen LogP contribution in [-0.4, -0.2) is 11.5 Å². The average Bonchev–Trinajstić information content (AvgIpc) is 2.81. The Bertz CT molecular complexity index is 670. The molecular weight excluding hydrogens is 229 g/mol. The molecular formula is C15H12FNO. The SMILES string of the molecule is COc1ccc(-c2cc3ccccn3c2)c(F)c1. The summed E-state index contributed by atoms with van der Waals surface area (Å²) in [5.41, 5.74) is 2.49. The minimum absolute atomic E-state index is 0.273. The lowest BCUT2D eigenvalue weighted by Gasteiger charge is -2.03. The molecule has 0 aliphatic carbocycles. The topological polar surface area (TPSA) is 13.6 Å². The minimum Gasteiger partial charge on any atom is -0.497 e. The highest BCUT2D eigenvalue weighted by molar-refractivity contribution is 5.71. The summed E-state index contributed by atoms with van der Waals surface area (Å²) in [5, 5.41) is 0. The van der Waals surface area contributed by atoms with Crippen LogP contribution in [0, 0.1) is 5.82 Å². The first kappa shape index (κ1) is 10.8. The normalized spacial score (nSPS) is 10.8. The second-order valence-electron chi connectivity index (χ2n) is 4.11. The van der Waals surface area contributed by atoms with E-state index in [0.29, 0.717) is 11.3 Å². The van der Waals surface area contributed by atoms with Crippen molar-refractivity contribution >= 4 is 5.52 Å². The number of ether oxygens (including phenoxy) is 1. The van der Waals surface area contributed by atoms with Crippen molar-refractivity contribution in [3.05, 3.63) is 60.7 Å². The van der Waals surface area contributed by atoms with Crippen LogP contribution in [0.25, 0.3) is 16.6 Å². The highest BCUT2D eigenvalue weighted by atomic mass is 19.1. The van der Waals surface area contributed by atoms with Crippen molar-refractivity contribution in [2.45, 2.75) is 0 Å². The van der Waals surface area contributed by atoms with Gasteiger partial charge in [0.2, 0.25) is 0 Å². The van der Waals surface area contributed by atoms with Crippen LogP contribution in [0.1, 0.15) is 0 Å². The molecule has 2 heterocycles. The standard InChI is InChI=1S/C15H12FNO/c1-18-13-5-6-14(15(16)9-13)11-8-12-4-2-3-7-17(12)10-11/h2-10H,1H3. The van der Waals surface area contributed by atoms with Crippen molar-refractivity contribution in [1.82, 2.24) is 4.40 Å². The maximum atomic E-state index is 14.0. The van der Waals surface area contributed by atoms with Crippen LogP contribution < -0.4 is 4.74 Å². The van der Waals surface area contributed by atoms with E-state index in [1.54, 1.807) is 12.1 Å². The molecule has 18 heavy (non-hydrogen) atoms. The Hall–Kier alpha value is -2.29. The number of rotatable bonds is 2. The number of hydrogen-bond donors (Lipinski definition) is 0. The van der Waals surface area contributed by atoms with Gasteiger partial charge in [-0.2, -0.15) is 0 Å². The lowest BCUT2D eigenvalue weighted by molar-refractivity contribution is 0.411. The Labute approximate surface area is 104 Å². The quantitative estimate of drug-likeness (QED) is 0.666. The van der Waals surface area contributed by atoms with Crippen molar-refractivity contribution in [2.24, 2.45) is 0 Å². The molecule has 1 aromatic carbocycles. The van der Waals surface area contributed by atoms with Crippen molar-refractivity contribution < 1.29 is 9.13 Å². The van der Waals surface area contributed by atoms with E-state index in [9.17, 15) is 4.39 Å². The van der Waals surface area contributed by atoms with Crippen molar-refractivity contribution in [3.63, 3.8) is 0 Å². The molecule has 3 heteroatoms. The summed E-state index contributed by atoms with van der Waals surface area (Å²) in [7, 11) is 1.53. The van der Waals surface area contributed by atoms with Gasteiger partial charge in [-0.15, -0.1) is 0 Å². The lowest BCUT2D eigenvalue weighted by Crippen LogP contribution is -1.87. The summed E-state index contributed by atoms with van der Waals surface area (Å²) in [5.74, 6) is 0.255. The zero-order valence-electron chi connectivity index (χ0n) is 9.93. The van der Waals surface area contributed by atoms with Gasteiger partial charge < -0.3 is 9.14 Å². The number of hydrogen-bond acceptors (Lipinski definition) is 1. The van der Waals surface area contributed by atoms with Gasteiger partial charge in [-0.1, -0.05) is 6.07 Å². The lowest BCUT2D eigenvalue weighted by atomic mass is 10.1. The summed E-state index contributed by atoms with van der Waals surface area (Å²) in [6, 6.07) is 12.8. The van der Waals surface area contributed by atoms with Crippen LogP contribution in [0.3, 0.4) is 0 Å². The average molecular weight is 241 g/mol. The number of benzene rings is 1. The third kappa shape index (κ3) is 1.74. The molecule has 0 aliphatic rings. The van der Waals surface area contributed by atoms with Crippen molar-refractivity contribution in [3.8, 4) is 16.9 Å². The molecule has 0 fully saturated rings. The van der Waals surface area contributed by atoms with Gasteiger partial charge in [0.25, 0.3) is 0 Å². The summed E-state index contributed by atoms with van der Waals surface area (Å²) in [4.78, 5) is 0.